The maximum Gasteiger partial charge on any atom is 0.380 e. The molecular formula is C10H11BrF2O4. The molecule has 0 bridgehead atoms. The lowest BCUT2D eigenvalue weighted by Crippen LogP contribution is -2.49. The van der Waals surface area contributed by atoms with E-state index in [2.05, 4.69) is 20.7 Å². The van der Waals surface area contributed by atoms with Gasteiger partial charge in [-0.3, -0.25) is 0 Å². The van der Waals surface area contributed by atoms with Crippen molar-refractivity contribution < 1.29 is 27.8 Å². The summed E-state index contributed by atoms with van der Waals surface area (Å²) in [5.41, 5.74) is -2.77. The Morgan fingerprint density at radius 2 is 2.18 bits per heavy atom. The average Bonchev–Trinajstić information content (AvgIpc) is 2.65. The van der Waals surface area contributed by atoms with Crippen molar-refractivity contribution in [2.45, 2.75) is 25.4 Å². The molecule has 1 unspecified atom stereocenters. The largest absolute Gasteiger partial charge is 0.461 e. The van der Waals surface area contributed by atoms with Gasteiger partial charge in [0, 0.05) is 0 Å². The number of ether oxygens (including phenoxy) is 1. The molecule has 96 valence electrons. The van der Waals surface area contributed by atoms with E-state index in [0.29, 0.717) is 0 Å². The van der Waals surface area contributed by atoms with Crippen LogP contribution in [0, 0.1) is 0 Å². The lowest BCUT2D eigenvalue weighted by atomic mass is 9.95. The van der Waals surface area contributed by atoms with Crippen molar-refractivity contribution >= 4 is 21.9 Å². The van der Waals surface area contributed by atoms with Gasteiger partial charge >= 0.3 is 11.9 Å². The van der Waals surface area contributed by atoms with Crippen LogP contribution in [0.15, 0.2) is 21.2 Å². The predicted molar refractivity (Wildman–Crippen MR) is 57.6 cm³/mol. The Bertz CT molecular complexity index is 414. The van der Waals surface area contributed by atoms with Gasteiger partial charge < -0.3 is 14.3 Å². The summed E-state index contributed by atoms with van der Waals surface area (Å²) < 4.78 is 36.6. The fraction of sp³-hybridized carbons (Fsp3) is 0.500. The third kappa shape index (κ3) is 2.50. The van der Waals surface area contributed by atoms with E-state index in [9.17, 15) is 18.7 Å². The van der Waals surface area contributed by atoms with E-state index in [1.807, 2.05) is 0 Å². The van der Waals surface area contributed by atoms with Gasteiger partial charge in [0.05, 0.1) is 6.61 Å². The Labute approximate surface area is 105 Å². The number of carbonyl (C=O) groups is 1. The fourth-order valence-corrected chi connectivity index (χ4v) is 1.46. The van der Waals surface area contributed by atoms with E-state index in [1.54, 1.807) is 0 Å². The molecule has 0 amide bonds. The molecule has 0 saturated carbocycles. The zero-order valence-corrected chi connectivity index (χ0v) is 10.8. The van der Waals surface area contributed by atoms with E-state index in [-0.39, 0.29) is 11.3 Å². The van der Waals surface area contributed by atoms with Crippen LogP contribution in [0.4, 0.5) is 8.78 Å². The molecule has 1 aromatic rings. The predicted octanol–water partition coefficient (Wildman–Crippen LogP) is 2.45. The standard InChI is InChI=1S/C10H11BrF2O4/c1-3-16-8(14)10(12,13)9(2,15)6-4-5-7(11)17-6/h4-5,15H,3H2,1-2H3. The Kier molecular flexibility index (Phi) is 3.93. The van der Waals surface area contributed by atoms with Crippen LogP contribution in [0.3, 0.4) is 0 Å². The van der Waals surface area contributed by atoms with Gasteiger partial charge in [-0.1, -0.05) is 0 Å². The summed E-state index contributed by atoms with van der Waals surface area (Å²) in [7, 11) is 0. The maximum absolute atomic E-state index is 13.7. The number of halogens is 3. The highest BCUT2D eigenvalue weighted by Gasteiger charge is 2.59. The van der Waals surface area contributed by atoms with Crippen LogP contribution in [0.5, 0.6) is 0 Å². The zero-order chi connectivity index (χ0) is 13.3. The zero-order valence-electron chi connectivity index (χ0n) is 9.17. The van der Waals surface area contributed by atoms with Gasteiger partial charge in [-0.25, -0.2) is 4.79 Å². The summed E-state index contributed by atoms with van der Waals surface area (Å²) in [5, 5.41) is 9.76. The Morgan fingerprint density at radius 1 is 1.59 bits per heavy atom. The number of furan rings is 1. The van der Waals surface area contributed by atoms with Crippen molar-refractivity contribution in [3.05, 3.63) is 22.6 Å². The normalized spacial score (nSPS) is 15.4. The number of esters is 1. The first-order chi connectivity index (χ1) is 7.73. The summed E-state index contributed by atoms with van der Waals surface area (Å²) in [6, 6.07) is 2.49. The molecular weight excluding hydrogens is 302 g/mol. The van der Waals surface area contributed by atoms with Gasteiger partial charge in [-0.05, 0) is 41.9 Å². The smallest absolute Gasteiger partial charge is 0.380 e. The number of hydrogen-bond acceptors (Lipinski definition) is 4. The van der Waals surface area contributed by atoms with Crippen LogP contribution in [-0.4, -0.2) is 23.6 Å². The first-order valence-corrected chi connectivity index (χ1v) is 5.56. The molecule has 7 heteroatoms. The van der Waals surface area contributed by atoms with Gasteiger partial charge in [0.15, 0.2) is 10.3 Å². The van der Waals surface area contributed by atoms with E-state index >= 15 is 0 Å². The lowest BCUT2D eigenvalue weighted by molar-refractivity contribution is -0.216. The quantitative estimate of drug-likeness (QED) is 0.868. The average molecular weight is 313 g/mol. The summed E-state index contributed by atoms with van der Waals surface area (Å²) in [6.07, 6.45) is 0. The van der Waals surface area contributed by atoms with Crippen molar-refractivity contribution in [3.63, 3.8) is 0 Å². The minimum Gasteiger partial charge on any atom is -0.461 e. The topological polar surface area (TPSA) is 59.7 Å². The third-order valence-corrected chi connectivity index (χ3v) is 2.62. The number of carbonyl (C=O) groups excluding carboxylic acids is 1. The van der Waals surface area contributed by atoms with Crippen LogP contribution in [0.2, 0.25) is 0 Å². The number of hydrogen-bond donors (Lipinski definition) is 1. The molecule has 0 aromatic carbocycles. The second kappa shape index (κ2) is 4.73. The highest BCUT2D eigenvalue weighted by atomic mass is 79.9. The molecule has 0 radical (unpaired) electrons. The Hall–Kier alpha value is -0.950. The van der Waals surface area contributed by atoms with Crippen LogP contribution >= 0.6 is 15.9 Å². The van der Waals surface area contributed by atoms with Crippen LogP contribution in [0.25, 0.3) is 0 Å². The molecule has 1 atom stereocenters. The molecule has 1 rings (SSSR count). The molecule has 0 spiro atoms. The molecule has 1 heterocycles. The van der Waals surface area contributed by atoms with E-state index in [0.717, 1.165) is 13.0 Å². The molecule has 0 aliphatic heterocycles. The molecule has 0 saturated heterocycles. The summed E-state index contributed by atoms with van der Waals surface area (Å²) in [4.78, 5) is 11.1. The van der Waals surface area contributed by atoms with Crippen molar-refractivity contribution in [3.8, 4) is 0 Å². The number of rotatable bonds is 4. The summed E-state index contributed by atoms with van der Waals surface area (Å²) in [6.45, 7) is 1.98. The monoisotopic (exact) mass is 312 g/mol. The van der Waals surface area contributed by atoms with Crippen molar-refractivity contribution in [2.75, 3.05) is 6.61 Å². The maximum atomic E-state index is 13.7. The lowest BCUT2D eigenvalue weighted by Gasteiger charge is -2.28. The van der Waals surface area contributed by atoms with Crippen LogP contribution in [-0.2, 0) is 15.1 Å². The third-order valence-electron chi connectivity index (χ3n) is 2.20. The van der Waals surface area contributed by atoms with Crippen LogP contribution < -0.4 is 0 Å². The second-order valence-electron chi connectivity index (χ2n) is 3.47. The molecule has 0 fully saturated rings. The van der Waals surface area contributed by atoms with Crippen molar-refractivity contribution in [1.29, 1.82) is 0 Å². The minimum atomic E-state index is -4.10. The first kappa shape index (κ1) is 14.1. The first-order valence-electron chi connectivity index (χ1n) is 4.76. The molecule has 1 N–H and O–H groups in total. The highest BCUT2D eigenvalue weighted by molar-refractivity contribution is 9.10. The molecule has 0 aliphatic rings. The van der Waals surface area contributed by atoms with E-state index < -0.39 is 23.3 Å². The summed E-state index contributed by atoms with van der Waals surface area (Å²) in [5.74, 6) is -6.32. The Balaban J connectivity index is 3.07. The van der Waals surface area contributed by atoms with Gasteiger partial charge in [-0.2, -0.15) is 8.78 Å². The van der Waals surface area contributed by atoms with Gasteiger partial charge in [-0.15, -0.1) is 0 Å². The number of alkyl halides is 2. The van der Waals surface area contributed by atoms with Crippen LogP contribution in [0.1, 0.15) is 19.6 Å². The van der Waals surface area contributed by atoms with Gasteiger partial charge in [0.1, 0.15) is 5.76 Å². The van der Waals surface area contributed by atoms with E-state index in [1.165, 1.54) is 13.0 Å². The Morgan fingerprint density at radius 3 is 2.59 bits per heavy atom. The van der Waals surface area contributed by atoms with E-state index in [4.69, 9.17) is 4.42 Å². The SMILES string of the molecule is CCOC(=O)C(F)(F)C(C)(O)c1ccc(Br)o1. The van der Waals surface area contributed by atoms with Gasteiger partial charge in [0.25, 0.3) is 0 Å². The van der Waals surface area contributed by atoms with Gasteiger partial charge in [0.2, 0.25) is 0 Å². The highest BCUT2D eigenvalue weighted by Crippen LogP contribution is 2.39. The number of aliphatic hydroxyl groups is 1. The molecule has 0 aliphatic carbocycles. The fourth-order valence-electron chi connectivity index (χ4n) is 1.15. The molecule has 1 aromatic heterocycles. The van der Waals surface area contributed by atoms with Crippen molar-refractivity contribution in [2.24, 2.45) is 0 Å². The summed E-state index contributed by atoms with van der Waals surface area (Å²) >= 11 is 2.92. The van der Waals surface area contributed by atoms with Crippen molar-refractivity contribution in [1.82, 2.24) is 0 Å². The second-order valence-corrected chi connectivity index (χ2v) is 4.25. The molecule has 4 nitrogen and oxygen atoms in total. The molecule has 17 heavy (non-hydrogen) atoms. The minimum absolute atomic E-state index is 0.174.